The van der Waals surface area contributed by atoms with Crippen molar-refractivity contribution < 1.29 is 17.8 Å². The zero-order valence-electron chi connectivity index (χ0n) is 10.2. The molecule has 0 unspecified atom stereocenters. The zero-order chi connectivity index (χ0) is 15.8. The van der Waals surface area contributed by atoms with Gasteiger partial charge in [-0.15, -0.1) is 0 Å². The molecule has 0 saturated heterocycles. The molecule has 0 aromatic heterocycles. The summed E-state index contributed by atoms with van der Waals surface area (Å²) in [5.74, 6) is -0.544. The van der Waals surface area contributed by atoms with Crippen molar-refractivity contribution in [2.45, 2.75) is 4.90 Å². The van der Waals surface area contributed by atoms with Crippen LogP contribution in [0.3, 0.4) is 0 Å². The van der Waals surface area contributed by atoms with Gasteiger partial charge in [0, 0.05) is 5.56 Å². The summed E-state index contributed by atoms with van der Waals surface area (Å²) in [6.07, 6.45) is 0. The minimum atomic E-state index is -4.40. The van der Waals surface area contributed by atoms with Crippen molar-refractivity contribution >= 4 is 50.7 Å². The molecule has 0 radical (unpaired) electrons. The molecule has 0 spiro atoms. The van der Waals surface area contributed by atoms with Crippen LogP contribution < -0.4 is 0 Å². The molecule has 0 heterocycles. The summed E-state index contributed by atoms with van der Waals surface area (Å²) in [6.45, 7) is 0. The van der Waals surface area contributed by atoms with Crippen LogP contribution in [0.5, 0.6) is 0 Å². The minimum Gasteiger partial charge on any atom is -0.288 e. The Morgan fingerprint density at radius 3 is 2.00 bits per heavy atom. The number of carbonyl (C=O) groups excluding carboxylic acids is 1. The largest absolute Gasteiger partial charge is 0.294 e. The molecule has 0 atom stereocenters. The Kier molecular flexibility index (Phi) is 4.60. The molecule has 0 bridgehead atoms. The predicted octanol–water partition coefficient (Wildman–Crippen LogP) is 4.12. The van der Waals surface area contributed by atoms with Crippen LogP contribution in [-0.2, 0) is 10.1 Å². The Bertz CT molecular complexity index is 811. The predicted molar refractivity (Wildman–Crippen MR) is 81.2 cm³/mol. The smallest absolute Gasteiger partial charge is 0.288 e. The molecule has 4 nitrogen and oxygen atoms in total. The van der Waals surface area contributed by atoms with E-state index in [0.29, 0.717) is 0 Å². The van der Waals surface area contributed by atoms with Crippen molar-refractivity contribution in [2.75, 3.05) is 0 Å². The van der Waals surface area contributed by atoms with Crippen molar-refractivity contribution in [2.24, 2.45) is 0 Å². The fraction of sp³-hybridized carbons (Fsp3) is 0. The summed E-state index contributed by atoms with van der Waals surface area (Å²) < 4.78 is 31.0. The molecule has 0 amide bonds. The molecule has 0 aliphatic heterocycles. The molecule has 2 rings (SSSR count). The van der Waals surface area contributed by atoms with E-state index in [1.54, 1.807) is 6.07 Å². The fourth-order valence-corrected chi connectivity index (χ4v) is 3.10. The highest BCUT2D eigenvalue weighted by Gasteiger charge is 2.20. The zero-order valence-corrected chi connectivity index (χ0v) is 13.3. The Hall–Kier alpha value is -1.11. The molecule has 8 heteroatoms. The van der Waals surface area contributed by atoms with Gasteiger partial charge in [-0.1, -0.05) is 40.9 Å². The Labute approximate surface area is 136 Å². The number of hydrogen-bond acceptors (Lipinski definition) is 3. The summed E-state index contributed by atoms with van der Waals surface area (Å²) in [7, 11) is -4.40. The highest BCUT2D eigenvalue weighted by atomic mass is 35.5. The molecule has 21 heavy (non-hydrogen) atoms. The van der Waals surface area contributed by atoms with Gasteiger partial charge in [-0.3, -0.25) is 9.35 Å². The van der Waals surface area contributed by atoms with Gasteiger partial charge in [0.1, 0.15) is 0 Å². The lowest BCUT2D eigenvalue weighted by atomic mass is 10.0. The van der Waals surface area contributed by atoms with Gasteiger partial charge in [0.05, 0.1) is 25.5 Å². The van der Waals surface area contributed by atoms with Crippen molar-refractivity contribution in [3.05, 3.63) is 62.6 Å². The number of ketones is 1. The first kappa shape index (κ1) is 16.3. The number of halogens is 3. The molecule has 0 fully saturated rings. The normalized spacial score (nSPS) is 11.4. The quantitative estimate of drug-likeness (QED) is 0.656. The van der Waals surface area contributed by atoms with E-state index >= 15 is 0 Å². The van der Waals surface area contributed by atoms with E-state index in [-0.39, 0.29) is 26.2 Å². The van der Waals surface area contributed by atoms with Gasteiger partial charge in [0.2, 0.25) is 0 Å². The van der Waals surface area contributed by atoms with Crippen molar-refractivity contribution in [1.82, 2.24) is 0 Å². The third kappa shape index (κ3) is 3.39. The maximum atomic E-state index is 12.4. The van der Waals surface area contributed by atoms with Crippen LogP contribution in [0.25, 0.3) is 0 Å². The van der Waals surface area contributed by atoms with E-state index in [9.17, 15) is 13.2 Å². The van der Waals surface area contributed by atoms with Crippen molar-refractivity contribution in [3.8, 4) is 0 Å². The molecule has 2 aromatic carbocycles. The molecular formula is C13H7Cl3O4S. The van der Waals surface area contributed by atoms with Gasteiger partial charge in [0.15, 0.2) is 5.78 Å². The first-order valence-electron chi connectivity index (χ1n) is 5.47. The first-order chi connectivity index (χ1) is 9.71. The lowest BCUT2D eigenvalue weighted by molar-refractivity contribution is 0.103. The topological polar surface area (TPSA) is 71.4 Å². The molecule has 110 valence electrons. The van der Waals surface area contributed by atoms with E-state index in [0.717, 1.165) is 12.1 Å². The first-order valence-corrected chi connectivity index (χ1v) is 8.05. The van der Waals surface area contributed by atoms with Crippen LogP contribution in [0, 0.1) is 0 Å². The summed E-state index contributed by atoms with van der Waals surface area (Å²) in [5.41, 5.74) is 0.0985. The Balaban J connectivity index is 2.55. The average Bonchev–Trinajstić information content (AvgIpc) is 2.37. The molecule has 0 saturated carbocycles. The lowest BCUT2D eigenvalue weighted by Crippen LogP contribution is -2.06. The van der Waals surface area contributed by atoms with E-state index < -0.39 is 20.8 Å². The Morgan fingerprint density at radius 2 is 1.52 bits per heavy atom. The molecule has 2 aromatic rings. The summed E-state index contributed by atoms with van der Waals surface area (Å²) in [4.78, 5) is 12.0. The third-order valence-corrected chi connectivity index (χ3v) is 4.47. The van der Waals surface area contributed by atoms with Gasteiger partial charge in [0.25, 0.3) is 10.1 Å². The van der Waals surface area contributed by atoms with Crippen molar-refractivity contribution in [3.63, 3.8) is 0 Å². The van der Waals surface area contributed by atoms with Gasteiger partial charge in [-0.05, 0) is 30.3 Å². The second-order valence-corrected chi connectivity index (χ2v) is 6.69. The van der Waals surface area contributed by atoms with E-state index in [1.807, 2.05) is 0 Å². The highest BCUT2D eigenvalue weighted by molar-refractivity contribution is 7.85. The second-order valence-electron chi connectivity index (χ2n) is 4.04. The minimum absolute atomic E-state index is 0.0269. The lowest BCUT2D eigenvalue weighted by Gasteiger charge is -2.08. The van der Waals surface area contributed by atoms with Gasteiger partial charge in [-0.2, -0.15) is 8.42 Å². The van der Waals surface area contributed by atoms with Gasteiger partial charge in [-0.25, -0.2) is 0 Å². The number of hydrogen-bond donors (Lipinski definition) is 1. The number of benzene rings is 2. The standard InChI is InChI=1S/C13H7Cl3O4S/c14-9-2-1-3-10(15)12(9)13(17)8-5-4-7(6-11(8)16)21(18,19)20/h1-6H,(H,18,19,20). The van der Waals surface area contributed by atoms with Crippen LogP contribution in [0.4, 0.5) is 0 Å². The second kappa shape index (κ2) is 5.94. The van der Waals surface area contributed by atoms with Crippen LogP contribution >= 0.6 is 34.8 Å². The molecular weight excluding hydrogens is 359 g/mol. The van der Waals surface area contributed by atoms with Gasteiger partial charge < -0.3 is 0 Å². The molecule has 0 aliphatic carbocycles. The van der Waals surface area contributed by atoms with Crippen LogP contribution in [0.15, 0.2) is 41.3 Å². The number of carbonyl (C=O) groups is 1. The van der Waals surface area contributed by atoms with Crippen molar-refractivity contribution in [1.29, 1.82) is 0 Å². The summed E-state index contributed by atoms with van der Waals surface area (Å²) in [6, 6.07) is 7.83. The van der Waals surface area contributed by atoms with Crippen LogP contribution in [0.2, 0.25) is 15.1 Å². The maximum Gasteiger partial charge on any atom is 0.294 e. The van der Waals surface area contributed by atoms with E-state index in [2.05, 4.69) is 0 Å². The Morgan fingerprint density at radius 1 is 0.952 bits per heavy atom. The number of rotatable bonds is 3. The third-order valence-electron chi connectivity index (χ3n) is 2.67. The maximum absolute atomic E-state index is 12.4. The van der Waals surface area contributed by atoms with Crippen LogP contribution in [0.1, 0.15) is 15.9 Å². The van der Waals surface area contributed by atoms with Gasteiger partial charge >= 0.3 is 0 Å². The molecule has 0 aliphatic rings. The molecule has 1 N–H and O–H groups in total. The SMILES string of the molecule is O=C(c1ccc(S(=O)(=O)O)cc1Cl)c1c(Cl)cccc1Cl. The van der Waals surface area contributed by atoms with E-state index in [4.69, 9.17) is 39.4 Å². The summed E-state index contributed by atoms with van der Waals surface area (Å²) in [5, 5.41) is 0.177. The van der Waals surface area contributed by atoms with E-state index in [1.165, 1.54) is 18.2 Å². The average molecular weight is 366 g/mol. The van der Waals surface area contributed by atoms with Crippen LogP contribution in [-0.4, -0.2) is 18.8 Å². The monoisotopic (exact) mass is 364 g/mol. The fourth-order valence-electron chi connectivity index (χ4n) is 1.69. The highest BCUT2D eigenvalue weighted by Crippen LogP contribution is 2.30. The summed E-state index contributed by atoms with van der Waals surface area (Å²) >= 11 is 17.8.